The van der Waals surface area contributed by atoms with Crippen LogP contribution in [0.3, 0.4) is 0 Å². The van der Waals surface area contributed by atoms with E-state index in [1.165, 1.54) is 0 Å². The number of aromatic nitrogens is 1. The molecule has 3 heteroatoms. The van der Waals surface area contributed by atoms with Crippen LogP contribution in [0.2, 0.25) is 0 Å². The van der Waals surface area contributed by atoms with Gasteiger partial charge in [0.25, 0.3) is 0 Å². The summed E-state index contributed by atoms with van der Waals surface area (Å²) in [7, 11) is 1.95. The largest absolute Gasteiger partial charge is 0.358 e. The second kappa shape index (κ2) is 5.49. The van der Waals surface area contributed by atoms with Crippen LogP contribution in [0.1, 0.15) is 31.2 Å². The first kappa shape index (κ1) is 11.7. The molecule has 0 aliphatic rings. The zero-order chi connectivity index (χ0) is 11.3. The fourth-order valence-electron chi connectivity index (χ4n) is 1.45. The summed E-state index contributed by atoms with van der Waals surface area (Å²) in [4.78, 5) is 6.37. The molecule has 0 atom stereocenters. The molecule has 1 aromatic heterocycles. The van der Waals surface area contributed by atoms with Gasteiger partial charge in [0.15, 0.2) is 0 Å². The number of aryl methyl sites for hydroxylation is 1. The molecule has 82 valence electrons. The summed E-state index contributed by atoms with van der Waals surface area (Å²) in [6.07, 6.45) is 1.85. The molecule has 0 saturated carbocycles. The average Bonchev–Trinajstić information content (AvgIpc) is 2.18. The zero-order valence-electron chi connectivity index (χ0n) is 9.75. The molecule has 1 heterocycles. The van der Waals surface area contributed by atoms with Crippen molar-refractivity contribution >= 4 is 5.84 Å². The van der Waals surface area contributed by atoms with Crippen molar-refractivity contribution < 1.29 is 0 Å². The van der Waals surface area contributed by atoms with Crippen molar-refractivity contribution in [3.05, 3.63) is 29.6 Å². The predicted molar refractivity (Wildman–Crippen MR) is 63.1 cm³/mol. The summed E-state index contributed by atoms with van der Waals surface area (Å²) in [6, 6.07) is 6.00. The lowest BCUT2D eigenvalue weighted by atomic mass is 10.2. The van der Waals surface area contributed by atoms with Gasteiger partial charge in [0, 0.05) is 19.2 Å². The van der Waals surface area contributed by atoms with Crippen LogP contribution in [0.15, 0.2) is 18.2 Å². The third-order valence-electron chi connectivity index (χ3n) is 2.29. The molecule has 15 heavy (non-hydrogen) atoms. The number of hydrogen-bond donors (Lipinski definition) is 1. The number of amidine groups is 1. The highest BCUT2D eigenvalue weighted by atomic mass is 15.1. The molecule has 0 spiro atoms. The van der Waals surface area contributed by atoms with Crippen molar-refractivity contribution in [3.63, 3.8) is 0 Å². The Morgan fingerprint density at radius 2 is 2.20 bits per heavy atom. The molecular weight excluding hydrogens is 186 g/mol. The molecule has 0 saturated heterocycles. The Bertz CT molecular complexity index is 333. The van der Waals surface area contributed by atoms with Gasteiger partial charge in [-0.1, -0.05) is 13.0 Å². The van der Waals surface area contributed by atoms with E-state index in [4.69, 9.17) is 5.41 Å². The van der Waals surface area contributed by atoms with Gasteiger partial charge in [-0.2, -0.15) is 0 Å². The topological polar surface area (TPSA) is 40.0 Å². The monoisotopic (exact) mass is 205 g/mol. The first-order valence-corrected chi connectivity index (χ1v) is 5.34. The Morgan fingerprint density at radius 3 is 2.80 bits per heavy atom. The minimum atomic E-state index is 0.681. The summed E-state index contributed by atoms with van der Waals surface area (Å²) in [5, 5.41) is 7.80. The van der Waals surface area contributed by atoms with Crippen LogP contribution in [0.4, 0.5) is 0 Å². The molecule has 1 N–H and O–H groups in total. The molecular formula is C12H19N3. The number of hydrogen-bond acceptors (Lipinski definition) is 2. The van der Waals surface area contributed by atoms with E-state index in [0.717, 1.165) is 30.8 Å². The third kappa shape index (κ3) is 3.70. The van der Waals surface area contributed by atoms with E-state index in [-0.39, 0.29) is 0 Å². The van der Waals surface area contributed by atoms with Crippen LogP contribution in [0.5, 0.6) is 0 Å². The fraction of sp³-hybridized carbons (Fsp3) is 0.500. The van der Waals surface area contributed by atoms with E-state index in [0.29, 0.717) is 5.84 Å². The van der Waals surface area contributed by atoms with E-state index in [2.05, 4.69) is 11.9 Å². The minimum Gasteiger partial charge on any atom is -0.358 e. The average molecular weight is 205 g/mol. The summed E-state index contributed by atoms with van der Waals surface area (Å²) in [5.74, 6) is 0.681. The SMILES string of the molecule is CCCC(=N)N(C)Cc1cccc(C)n1. The second-order valence-corrected chi connectivity index (χ2v) is 3.82. The Hall–Kier alpha value is -1.38. The van der Waals surface area contributed by atoms with Gasteiger partial charge >= 0.3 is 0 Å². The van der Waals surface area contributed by atoms with E-state index in [1.807, 2.05) is 37.1 Å². The Morgan fingerprint density at radius 1 is 1.47 bits per heavy atom. The molecule has 0 aliphatic heterocycles. The maximum Gasteiger partial charge on any atom is 0.0958 e. The molecule has 0 radical (unpaired) electrons. The van der Waals surface area contributed by atoms with Crippen LogP contribution >= 0.6 is 0 Å². The van der Waals surface area contributed by atoms with Gasteiger partial charge in [-0.15, -0.1) is 0 Å². The van der Waals surface area contributed by atoms with Crippen molar-refractivity contribution in [1.82, 2.24) is 9.88 Å². The standard InChI is InChI=1S/C12H19N3/c1-4-6-12(13)15(3)9-11-8-5-7-10(2)14-11/h5,7-8,13H,4,6,9H2,1-3H3. The quantitative estimate of drug-likeness (QED) is 0.606. The maximum atomic E-state index is 7.80. The van der Waals surface area contributed by atoms with E-state index in [9.17, 15) is 0 Å². The van der Waals surface area contributed by atoms with Gasteiger partial charge in [-0.25, -0.2) is 0 Å². The van der Waals surface area contributed by atoms with Crippen LogP contribution in [-0.2, 0) is 6.54 Å². The molecule has 0 fully saturated rings. The normalized spacial score (nSPS) is 10.1. The highest BCUT2D eigenvalue weighted by Gasteiger charge is 2.04. The van der Waals surface area contributed by atoms with Gasteiger partial charge in [-0.3, -0.25) is 10.4 Å². The van der Waals surface area contributed by atoms with Gasteiger partial charge < -0.3 is 4.90 Å². The van der Waals surface area contributed by atoms with E-state index >= 15 is 0 Å². The Labute approximate surface area is 91.7 Å². The van der Waals surface area contributed by atoms with Crippen LogP contribution in [0, 0.1) is 12.3 Å². The van der Waals surface area contributed by atoms with Crippen molar-refractivity contribution in [2.24, 2.45) is 0 Å². The fourth-order valence-corrected chi connectivity index (χ4v) is 1.45. The lowest BCUT2D eigenvalue weighted by Gasteiger charge is -2.19. The summed E-state index contributed by atoms with van der Waals surface area (Å²) in [5.41, 5.74) is 2.06. The maximum absolute atomic E-state index is 7.80. The molecule has 0 amide bonds. The highest BCUT2D eigenvalue weighted by molar-refractivity contribution is 5.78. The van der Waals surface area contributed by atoms with Crippen molar-refractivity contribution in [2.45, 2.75) is 33.2 Å². The van der Waals surface area contributed by atoms with Crippen molar-refractivity contribution in [2.75, 3.05) is 7.05 Å². The van der Waals surface area contributed by atoms with Crippen molar-refractivity contribution in [1.29, 1.82) is 5.41 Å². The highest BCUT2D eigenvalue weighted by Crippen LogP contribution is 2.04. The minimum absolute atomic E-state index is 0.681. The summed E-state index contributed by atoms with van der Waals surface area (Å²) >= 11 is 0. The Balaban J connectivity index is 2.58. The van der Waals surface area contributed by atoms with Gasteiger partial charge in [-0.05, 0) is 25.5 Å². The molecule has 0 unspecified atom stereocenters. The molecule has 3 nitrogen and oxygen atoms in total. The predicted octanol–water partition coefficient (Wildman–Crippen LogP) is 2.60. The van der Waals surface area contributed by atoms with Crippen molar-refractivity contribution in [3.8, 4) is 0 Å². The summed E-state index contributed by atoms with van der Waals surface area (Å²) in [6.45, 7) is 4.80. The first-order valence-electron chi connectivity index (χ1n) is 5.34. The molecule has 1 aromatic rings. The lowest BCUT2D eigenvalue weighted by molar-refractivity contribution is 0.475. The van der Waals surface area contributed by atoms with Gasteiger partial charge in [0.2, 0.25) is 0 Å². The second-order valence-electron chi connectivity index (χ2n) is 3.82. The lowest BCUT2D eigenvalue weighted by Crippen LogP contribution is -2.25. The molecule has 1 rings (SSSR count). The van der Waals surface area contributed by atoms with Gasteiger partial charge in [0.1, 0.15) is 0 Å². The molecule has 0 aromatic carbocycles. The number of rotatable bonds is 4. The summed E-state index contributed by atoms with van der Waals surface area (Å²) < 4.78 is 0. The Kier molecular flexibility index (Phi) is 4.28. The van der Waals surface area contributed by atoms with E-state index in [1.54, 1.807) is 0 Å². The van der Waals surface area contributed by atoms with Crippen LogP contribution in [0.25, 0.3) is 0 Å². The molecule has 0 bridgehead atoms. The van der Waals surface area contributed by atoms with Gasteiger partial charge in [0.05, 0.1) is 18.1 Å². The molecule has 0 aliphatic carbocycles. The van der Waals surface area contributed by atoms with Crippen LogP contribution < -0.4 is 0 Å². The first-order chi connectivity index (χ1) is 7.13. The smallest absolute Gasteiger partial charge is 0.0958 e. The van der Waals surface area contributed by atoms with E-state index < -0.39 is 0 Å². The zero-order valence-corrected chi connectivity index (χ0v) is 9.75. The van der Waals surface area contributed by atoms with Crippen LogP contribution in [-0.4, -0.2) is 22.8 Å². The number of pyridine rings is 1. The number of nitrogens with zero attached hydrogens (tertiary/aromatic N) is 2. The third-order valence-corrected chi connectivity index (χ3v) is 2.29. The number of nitrogens with one attached hydrogen (secondary N) is 1.